The molecule has 0 radical (unpaired) electrons. The first-order valence-corrected chi connectivity index (χ1v) is 12.3. The highest BCUT2D eigenvalue weighted by Gasteiger charge is 2.27. The van der Waals surface area contributed by atoms with Gasteiger partial charge in [-0.1, -0.05) is 17.7 Å². The summed E-state index contributed by atoms with van der Waals surface area (Å²) in [5.74, 6) is -0.518. The Balaban J connectivity index is 2.13. The van der Waals surface area contributed by atoms with Gasteiger partial charge in [0.1, 0.15) is 10.6 Å². The highest BCUT2D eigenvalue weighted by Crippen LogP contribution is 2.38. The van der Waals surface area contributed by atoms with Crippen molar-refractivity contribution in [2.24, 2.45) is 0 Å². The Labute approximate surface area is 189 Å². The van der Waals surface area contributed by atoms with Crippen molar-refractivity contribution in [3.8, 4) is 5.75 Å². The first-order chi connectivity index (χ1) is 14.8. The third kappa shape index (κ3) is 4.40. The molecule has 0 aliphatic carbocycles. The van der Waals surface area contributed by atoms with Crippen LogP contribution in [0.4, 0.5) is 11.4 Å². The summed E-state index contributed by atoms with van der Waals surface area (Å²) in [6.45, 7) is 2.94. The summed E-state index contributed by atoms with van der Waals surface area (Å²) in [5.41, 5.74) is -0.0832. The number of nitrogens with one attached hydrogen (secondary N) is 1. The van der Waals surface area contributed by atoms with Gasteiger partial charge in [0.25, 0.3) is 15.7 Å². The van der Waals surface area contributed by atoms with Crippen LogP contribution in [0.25, 0.3) is 0 Å². The van der Waals surface area contributed by atoms with E-state index in [4.69, 9.17) is 11.6 Å². The van der Waals surface area contributed by atoms with Gasteiger partial charge in [0.15, 0.2) is 0 Å². The highest BCUT2D eigenvalue weighted by molar-refractivity contribution is 7.93. The molecule has 0 saturated heterocycles. The van der Waals surface area contributed by atoms with E-state index in [1.807, 2.05) is 0 Å². The van der Waals surface area contributed by atoms with Crippen molar-refractivity contribution in [3.05, 3.63) is 80.9 Å². The van der Waals surface area contributed by atoms with Crippen LogP contribution in [0.1, 0.15) is 11.1 Å². The van der Waals surface area contributed by atoms with Gasteiger partial charge in [-0.15, -0.1) is 0 Å². The second-order valence-corrected chi connectivity index (χ2v) is 10.9. The summed E-state index contributed by atoms with van der Waals surface area (Å²) in [5, 5.41) is 21.8. The number of sulfonamides is 1. The van der Waals surface area contributed by atoms with E-state index in [0.717, 1.165) is 18.2 Å². The van der Waals surface area contributed by atoms with Gasteiger partial charge in [0, 0.05) is 17.2 Å². The molecule has 0 unspecified atom stereocenters. The zero-order chi connectivity index (χ0) is 23.8. The van der Waals surface area contributed by atoms with Crippen LogP contribution in [0.15, 0.2) is 69.3 Å². The third-order valence-electron chi connectivity index (χ3n) is 4.83. The number of hydrogen-bond acceptors (Lipinski definition) is 7. The van der Waals surface area contributed by atoms with Gasteiger partial charge < -0.3 is 5.11 Å². The van der Waals surface area contributed by atoms with Gasteiger partial charge >= 0.3 is 0 Å². The Morgan fingerprint density at radius 3 is 2.16 bits per heavy atom. The highest BCUT2D eigenvalue weighted by atomic mass is 35.5. The van der Waals surface area contributed by atoms with Crippen LogP contribution in [0.2, 0.25) is 5.02 Å². The zero-order valence-corrected chi connectivity index (χ0v) is 19.1. The number of phenols is 1. The van der Waals surface area contributed by atoms with E-state index in [2.05, 4.69) is 4.72 Å². The molecule has 32 heavy (non-hydrogen) atoms. The van der Waals surface area contributed by atoms with Crippen LogP contribution in [-0.4, -0.2) is 26.9 Å². The SMILES string of the molecule is Cc1c(NS(=O)(=O)c2cccc([N+](=O)[O-])c2)cc(S(=O)(=O)c2ccc(Cl)cc2)c(O)c1C. The van der Waals surface area contributed by atoms with Crippen LogP contribution in [-0.2, 0) is 19.9 Å². The van der Waals surface area contributed by atoms with E-state index in [0.29, 0.717) is 5.02 Å². The number of rotatable bonds is 6. The number of non-ortho nitro benzene ring substituents is 1. The first-order valence-electron chi connectivity index (χ1n) is 8.95. The molecule has 3 rings (SSSR count). The Hall–Kier alpha value is -3.15. The van der Waals surface area contributed by atoms with Crippen LogP contribution in [0.5, 0.6) is 5.75 Å². The lowest BCUT2D eigenvalue weighted by atomic mass is 10.1. The molecule has 2 N–H and O–H groups in total. The molecule has 0 spiro atoms. The van der Waals surface area contributed by atoms with Gasteiger partial charge in [0.2, 0.25) is 9.84 Å². The average Bonchev–Trinajstić information content (AvgIpc) is 2.74. The number of aromatic hydroxyl groups is 1. The molecule has 0 aliphatic heterocycles. The molecule has 0 fully saturated rings. The summed E-state index contributed by atoms with van der Waals surface area (Å²) >= 11 is 5.81. The maximum atomic E-state index is 13.1. The molecule has 0 saturated carbocycles. The number of nitro benzene ring substituents is 1. The Morgan fingerprint density at radius 1 is 0.938 bits per heavy atom. The van der Waals surface area contributed by atoms with Crippen molar-refractivity contribution in [1.82, 2.24) is 0 Å². The normalized spacial score (nSPS) is 11.8. The standard InChI is InChI=1S/C20H17ClN2O7S2/c1-12-13(2)20(24)19(31(27,28)16-8-6-14(21)7-9-16)11-18(12)22-32(29,30)17-5-3-4-15(10-17)23(25)26/h3-11,22,24H,1-2H3. The quantitative estimate of drug-likeness (QED) is 0.295. The fourth-order valence-electron chi connectivity index (χ4n) is 2.89. The monoisotopic (exact) mass is 496 g/mol. The Bertz CT molecular complexity index is 1440. The molecule has 0 bridgehead atoms. The number of benzene rings is 3. The Morgan fingerprint density at radius 2 is 1.56 bits per heavy atom. The molecule has 9 nitrogen and oxygen atoms in total. The number of phenolic OH excluding ortho intramolecular Hbond substituents is 1. The molecule has 3 aromatic rings. The predicted molar refractivity (Wildman–Crippen MR) is 118 cm³/mol. The van der Waals surface area contributed by atoms with Gasteiger partial charge in [-0.2, -0.15) is 0 Å². The van der Waals surface area contributed by atoms with E-state index in [1.165, 1.54) is 50.2 Å². The molecule has 12 heteroatoms. The number of nitro groups is 1. The third-order valence-corrected chi connectivity index (χ3v) is 8.23. The second kappa shape index (κ2) is 8.41. The molecule has 0 aliphatic rings. The minimum absolute atomic E-state index is 0.0978. The van der Waals surface area contributed by atoms with Gasteiger partial charge in [-0.05, 0) is 61.4 Å². The van der Waals surface area contributed by atoms with Crippen molar-refractivity contribution in [3.63, 3.8) is 0 Å². The lowest BCUT2D eigenvalue weighted by Gasteiger charge is -2.17. The van der Waals surface area contributed by atoms with Crippen molar-refractivity contribution in [1.29, 1.82) is 0 Å². The maximum Gasteiger partial charge on any atom is 0.270 e. The van der Waals surface area contributed by atoms with Crippen molar-refractivity contribution in [2.45, 2.75) is 28.5 Å². The molecule has 168 valence electrons. The smallest absolute Gasteiger partial charge is 0.270 e. The summed E-state index contributed by atoms with van der Waals surface area (Å²) in [7, 11) is -8.52. The van der Waals surface area contributed by atoms with Gasteiger partial charge in [-0.25, -0.2) is 16.8 Å². The van der Waals surface area contributed by atoms with E-state index < -0.39 is 41.1 Å². The number of sulfone groups is 1. The Kier molecular flexibility index (Phi) is 6.18. The van der Waals surface area contributed by atoms with Crippen molar-refractivity contribution >= 4 is 42.8 Å². The molecular formula is C20H17ClN2O7S2. The van der Waals surface area contributed by atoms with Crippen LogP contribution in [0, 0.1) is 24.0 Å². The zero-order valence-electron chi connectivity index (χ0n) is 16.7. The second-order valence-electron chi connectivity index (χ2n) is 6.84. The molecule has 0 atom stereocenters. The predicted octanol–water partition coefficient (Wildman–Crippen LogP) is 4.20. The fraction of sp³-hybridized carbons (Fsp3) is 0.100. The topological polar surface area (TPSA) is 144 Å². The van der Waals surface area contributed by atoms with Crippen LogP contribution >= 0.6 is 11.6 Å². The first kappa shape index (κ1) is 23.5. The minimum Gasteiger partial charge on any atom is -0.506 e. The van der Waals surface area contributed by atoms with Gasteiger partial charge in [-0.3, -0.25) is 14.8 Å². The molecule has 0 aromatic heterocycles. The molecule has 3 aromatic carbocycles. The van der Waals surface area contributed by atoms with E-state index in [1.54, 1.807) is 0 Å². The van der Waals surface area contributed by atoms with Gasteiger partial charge in [0.05, 0.1) is 20.4 Å². The lowest BCUT2D eigenvalue weighted by molar-refractivity contribution is -0.385. The fourth-order valence-corrected chi connectivity index (χ4v) is 5.60. The van der Waals surface area contributed by atoms with Crippen LogP contribution < -0.4 is 4.72 Å². The van der Waals surface area contributed by atoms with Crippen molar-refractivity contribution < 1.29 is 26.9 Å². The van der Waals surface area contributed by atoms with Crippen LogP contribution in [0.3, 0.4) is 0 Å². The summed E-state index contributed by atoms with van der Waals surface area (Å²) in [6.07, 6.45) is 0. The van der Waals surface area contributed by atoms with E-state index in [9.17, 15) is 32.1 Å². The number of hydrogen-bond donors (Lipinski definition) is 2. The largest absolute Gasteiger partial charge is 0.506 e. The van der Waals surface area contributed by atoms with E-state index >= 15 is 0 Å². The summed E-state index contributed by atoms with van der Waals surface area (Å²) in [6, 6.07) is 10.7. The number of anilines is 1. The molecular weight excluding hydrogens is 480 g/mol. The number of nitrogens with zero attached hydrogens (tertiary/aromatic N) is 1. The van der Waals surface area contributed by atoms with E-state index in [-0.39, 0.29) is 26.6 Å². The lowest BCUT2D eigenvalue weighted by Crippen LogP contribution is -2.15. The van der Waals surface area contributed by atoms with Crippen molar-refractivity contribution in [2.75, 3.05) is 4.72 Å². The number of halogens is 1. The average molecular weight is 497 g/mol. The maximum absolute atomic E-state index is 13.1. The molecule has 0 amide bonds. The summed E-state index contributed by atoms with van der Waals surface area (Å²) < 4.78 is 54.1. The minimum atomic E-state index is -4.30. The molecule has 0 heterocycles. The summed E-state index contributed by atoms with van der Waals surface area (Å²) in [4.78, 5) is 9.22.